The van der Waals surface area contributed by atoms with Crippen LogP contribution in [0.2, 0.25) is 0 Å². The van der Waals surface area contributed by atoms with Crippen molar-refractivity contribution in [3.05, 3.63) is 237 Å². The summed E-state index contributed by atoms with van der Waals surface area (Å²) in [7, 11) is -0.395. The van der Waals surface area contributed by atoms with Gasteiger partial charge in [0.1, 0.15) is 0 Å². The van der Waals surface area contributed by atoms with E-state index in [1.807, 2.05) is 24.4 Å². The van der Waals surface area contributed by atoms with E-state index < -0.39 is 7.12 Å². The molecule has 0 atom stereocenters. The smallest absolute Gasteiger partial charge is 0.399 e. The van der Waals surface area contributed by atoms with E-state index in [9.17, 15) is 0 Å². The van der Waals surface area contributed by atoms with Crippen LogP contribution in [0, 0.1) is 0 Å². The molecule has 6 nitrogen and oxygen atoms in total. The van der Waals surface area contributed by atoms with Crippen LogP contribution >= 0.6 is 0 Å². The van der Waals surface area contributed by atoms with Gasteiger partial charge in [-0.3, -0.25) is 4.98 Å². The van der Waals surface area contributed by atoms with E-state index in [1.54, 1.807) is 0 Å². The average molecular weight is 967 g/mol. The van der Waals surface area contributed by atoms with Crippen LogP contribution in [0.1, 0.15) is 27.7 Å². The summed E-state index contributed by atoms with van der Waals surface area (Å²) in [6.45, 7) is 8.36. The predicted octanol–water partition coefficient (Wildman–Crippen LogP) is 16.5. The van der Waals surface area contributed by atoms with Gasteiger partial charge in [0, 0.05) is 66.0 Å². The van der Waals surface area contributed by atoms with Gasteiger partial charge < -0.3 is 9.31 Å². The van der Waals surface area contributed by atoms with Crippen LogP contribution in [0.5, 0.6) is 0 Å². The Morgan fingerprint density at radius 2 is 0.827 bits per heavy atom. The first kappa shape index (κ1) is 45.9. The van der Waals surface area contributed by atoms with Crippen molar-refractivity contribution in [2.75, 3.05) is 0 Å². The predicted molar refractivity (Wildman–Crippen MR) is 312 cm³/mol. The lowest BCUT2D eigenvalue weighted by Crippen LogP contribution is -2.41. The van der Waals surface area contributed by atoms with Gasteiger partial charge in [-0.25, -0.2) is 15.0 Å². The molecule has 1 aliphatic heterocycles. The molecule has 358 valence electrons. The van der Waals surface area contributed by atoms with Crippen LogP contribution < -0.4 is 5.46 Å². The van der Waals surface area contributed by atoms with E-state index in [0.717, 1.165) is 105 Å². The Morgan fingerprint density at radius 3 is 1.43 bits per heavy atom. The first-order valence-electron chi connectivity index (χ1n) is 25.6. The van der Waals surface area contributed by atoms with Crippen molar-refractivity contribution in [3.63, 3.8) is 0 Å². The minimum atomic E-state index is -0.395. The fourth-order valence-electron chi connectivity index (χ4n) is 10.7. The maximum Gasteiger partial charge on any atom is 0.494 e. The lowest BCUT2D eigenvalue weighted by molar-refractivity contribution is 0.00578. The number of fused-ring (bicyclic) bond motifs is 9. The van der Waals surface area contributed by atoms with Crippen LogP contribution in [0.15, 0.2) is 237 Å². The number of nitrogens with zero attached hydrogens (tertiary/aromatic N) is 4. The summed E-state index contributed by atoms with van der Waals surface area (Å²) in [5.74, 6) is 0. The molecule has 4 aromatic heterocycles. The molecule has 0 saturated carbocycles. The molecule has 1 aliphatic rings. The molecule has 0 amide bonds. The molecule has 14 rings (SSSR count). The van der Waals surface area contributed by atoms with Crippen LogP contribution in [0.3, 0.4) is 0 Å². The zero-order valence-electron chi connectivity index (χ0n) is 42.2. The zero-order chi connectivity index (χ0) is 50.7. The van der Waals surface area contributed by atoms with E-state index in [1.165, 1.54) is 21.9 Å². The van der Waals surface area contributed by atoms with Crippen LogP contribution in [0.4, 0.5) is 0 Å². The van der Waals surface area contributed by atoms with Gasteiger partial charge in [0.15, 0.2) is 0 Å². The van der Waals surface area contributed by atoms with Crippen molar-refractivity contribution in [1.82, 2.24) is 19.9 Å². The molecule has 0 unspecified atom stereocenters. The fraction of sp³-hybridized carbons (Fsp3) is 0.0882. The molecule has 0 radical (unpaired) electrons. The molecule has 9 aromatic carbocycles. The minimum Gasteiger partial charge on any atom is -0.399 e. The summed E-state index contributed by atoms with van der Waals surface area (Å²) in [6.07, 6.45) is 1.83. The number of benzene rings is 9. The highest BCUT2D eigenvalue weighted by molar-refractivity contribution is 6.62. The van der Waals surface area contributed by atoms with Gasteiger partial charge in [-0.1, -0.05) is 200 Å². The second kappa shape index (κ2) is 18.6. The van der Waals surface area contributed by atoms with Crippen molar-refractivity contribution >= 4 is 77.7 Å². The van der Waals surface area contributed by atoms with E-state index in [2.05, 4.69) is 245 Å². The fourth-order valence-corrected chi connectivity index (χ4v) is 10.7. The molecule has 75 heavy (non-hydrogen) atoms. The average Bonchev–Trinajstić information content (AvgIpc) is 3.69. The molecule has 0 spiro atoms. The number of aromatic nitrogens is 4. The molecule has 0 bridgehead atoms. The number of hydrogen-bond donors (Lipinski definition) is 0. The SMILES string of the molecule is CC1(C)OB(c2cccc(-c3cccc4c(-c5ccccc5)nc5ccccc5c34)c2)OC1(C)C.c1ccc(-c2nc3ccccc3c3c(-c4cccc(-c5ccc6ccc7cccnc7c6n5)c4)cccc23)cc1. The highest BCUT2D eigenvalue weighted by atomic mass is 16.7. The van der Waals surface area contributed by atoms with Gasteiger partial charge in [0.05, 0.1) is 50.4 Å². The summed E-state index contributed by atoms with van der Waals surface area (Å²) in [4.78, 5) is 19.9. The first-order valence-corrected chi connectivity index (χ1v) is 25.6. The van der Waals surface area contributed by atoms with Crippen LogP contribution in [-0.4, -0.2) is 38.3 Å². The van der Waals surface area contributed by atoms with Crippen molar-refractivity contribution in [1.29, 1.82) is 0 Å². The molecule has 0 aliphatic carbocycles. The van der Waals surface area contributed by atoms with Crippen LogP contribution in [-0.2, 0) is 9.31 Å². The molecule has 0 N–H and O–H groups in total. The Hall–Kier alpha value is -8.88. The summed E-state index contributed by atoms with van der Waals surface area (Å²) < 4.78 is 12.7. The maximum atomic E-state index is 6.34. The van der Waals surface area contributed by atoms with Crippen molar-refractivity contribution < 1.29 is 9.31 Å². The Kier molecular flexibility index (Phi) is 11.4. The number of hydrogen-bond acceptors (Lipinski definition) is 6. The number of para-hydroxylation sites is 2. The van der Waals surface area contributed by atoms with Gasteiger partial charge >= 0.3 is 7.12 Å². The van der Waals surface area contributed by atoms with Crippen molar-refractivity contribution in [2.24, 2.45) is 0 Å². The zero-order valence-corrected chi connectivity index (χ0v) is 42.2. The number of pyridine rings is 4. The monoisotopic (exact) mass is 966 g/mol. The minimum absolute atomic E-state index is 0.375. The molecular weight excluding hydrogens is 916 g/mol. The molecule has 1 saturated heterocycles. The second-order valence-electron chi connectivity index (χ2n) is 20.3. The van der Waals surface area contributed by atoms with Gasteiger partial charge in [-0.15, -0.1) is 0 Å². The third-order valence-electron chi connectivity index (χ3n) is 15.2. The lowest BCUT2D eigenvalue weighted by atomic mass is 9.77. The van der Waals surface area contributed by atoms with Gasteiger partial charge in [0.25, 0.3) is 0 Å². The summed E-state index contributed by atoms with van der Waals surface area (Å²) in [5, 5.41) is 9.21. The standard InChI is InChI=1S/C37H23N3.C31H28BNO2/c1-2-9-24(10-3-1)35-31-16-7-15-29(34(31)30-14-4-5-17-33(30)40-35)27-11-6-12-28(23-27)32-21-20-26-19-18-25-13-8-22-38-36(25)37(26)39-32;1-30(2)31(3,4)35-32(34-30)23-15-10-14-22(20-23)24-17-11-18-26-28(24)25-16-8-9-19-27(25)33-29(26)21-12-6-5-7-13-21/h1-23H;5-20H,1-4H3. The Bertz CT molecular complexity index is 4320. The van der Waals surface area contributed by atoms with Crippen molar-refractivity contribution in [3.8, 4) is 56.0 Å². The summed E-state index contributed by atoms with van der Waals surface area (Å²) in [6, 6.07) is 80.5. The third-order valence-corrected chi connectivity index (χ3v) is 15.2. The summed E-state index contributed by atoms with van der Waals surface area (Å²) >= 11 is 0. The largest absolute Gasteiger partial charge is 0.494 e. The van der Waals surface area contributed by atoms with Gasteiger partial charge in [0.2, 0.25) is 0 Å². The van der Waals surface area contributed by atoms with E-state index in [0.29, 0.717) is 0 Å². The topological polar surface area (TPSA) is 70.0 Å². The van der Waals surface area contributed by atoms with E-state index in [4.69, 9.17) is 24.3 Å². The second-order valence-corrected chi connectivity index (χ2v) is 20.3. The third kappa shape index (κ3) is 8.27. The quantitative estimate of drug-likeness (QED) is 0.122. The van der Waals surface area contributed by atoms with Gasteiger partial charge in [-0.05, 0) is 85.7 Å². The lowest BCUT2D eigenvalue weighted by Gasteiger charge is -2.32. The molecule has 13 aromatic rings. The normalized spacial score (nSPS) is 13.9. The Balaban J connectivity index is 0.000000146. The highest BCUT2D eigenvalue weighted by Crippen LogP contribution is 2.42. The molecular formula is C68H51BN4O2. The number of rotatable bonds is 6. The molecule has 1 fully saturated rings. The first-order chi connectivity index (χ1) is 36.7. The Morgan fingerprint density at radius 1 is 0.360 bits per heavy atom. The molecule has 7 heteroatoms. The van der Waals surface area contributed by atoms with E-state index >= 15 is 0 Å². The maximum absolute atomic E-state index is 6.34. The van der Waals surface area contributed by atoms with Gasteiger partial charge in [-0.2, -0.15) is 0 Å². The Labute approximate surface area is 436 Å². The molecule has 5 heterocycles. The van der Waals surface area contributed by atoms with Crippen molar-refractivity contribution in [2.45, 2.75) is 38.9 Å². The summed E-state index contributed by atoms with van der Waals surface area (Å²) in [5.41, 5.74) is 15.0. The van der Waals surface area contributed by atoms with Crippen LogP contribution in [0.25, 0.3) is 121 Å². The van der Waals surface area contributed by atoms with E-state index in [-0.39, 0.29) is 11.2 Å². The highest BCUT2D eigenvalue weighted by Gasteiger charge is 2.51.